The smallest absolute Gasteiger partial charge is 0.340 e. The molecule has 0 saturated heterocycles. The van der Waals surface area contributed by atoms with Gasteiger partial charge in [0.1, 0.15) is 4.34 Å². The van der Waals surface area contributed by atoms with E-state index in [9.17, 15) is 4.79 Å². The minimum absolute atomic E-state index is 0.220. The van der Waals surface area contributed by atoms with Crippen LogP contribution in [0.3, 0.4) is 0 Å². The second-order valence-corrected chi connectivity index (χ2v) is 6.40. The van der Waals surface area contributed by atoms with Gasteiger partial charge in [0.05, 0.1) is 9.35 Å². The van der Waals surface area contributed by atoms with Crippen molar-refractivity contribution in [2.75, 3.05) is 0 Å². The predicted molar refractivity (Wildman–Crippen MR) is 66.4 cm³/mol. The highest BCUT2D eigenvalue weighted by Gasteiger charge is 2.56. The molecule has 2 aliphatic rings. The Morgan fingerprint density at radius 3 is 2.69 bits per heavy atom. The van der Waals surface area contributed by atoms with Crippen molar-refractivity contribution < 1.29 is 9.53 Å². The van der Waals surface area contributed by atoms with E-state index in [1.54, 1.807) is 0 Å². The van der Waals surface area contributed by atoms with Crippen LogP contribution in [0.15, 0.2) is 9.47 Å². The fourth-order valence-electron chi connectivity index (χ4n) is 1.64. The van der Waals surface area contributed by atoms with Gasteiger partial charge in [-0.15, -0.1) is 11.3 Å². The highest BCUT2D eigenvalue weighted by molar-refractivity contribution is 9.10. The van der Waals surface area contributed by atoms with Crippen molar-refractivity contribution in [1.82, 2.24) is 0 Å². The van der Waals surface area contributed by atoms with E-state index >= 15 is 0 Å². The van der Waals surface area contributed by atoms with Crippen molar-refractivity contribution >= 4 is 50.7 Å². The average molecular weight is 321 g/mol. The van der Waals surface area contributed by atoms with Crippen LogP contribution in [0.5, 0.6) is 0 Å². The van der Waals surface area contributed by atoms with Crippen molar-refractivity contribution in [2.45, 2.75) is 25.3 Å². The number of thiophene rings is 1. The van der Waals surface area contributed by atoms with E-state index in [2.05, 4.69) is 20.9 Å². The molecule has 84 valence electrons. The lowest BCUT2D eigenvalue weighted by Crippen LogP contribution is -2.15. The quantitative estimate of drug-likeness (QED) is 0.745. The average Bonchev–Trinajstić information content (AvgIpc) is 2.89. The summed E-state index contributed by atoms with van der Waals surface area (Å²) in [7, 11) is 0. The molecule has 1 spiro atoms. The number of rotatable bonds is 1. The van der Waals surface area contributed by atoms with Crippen LogP contribution in [0.25, 0.3) is 0 Å². The SMILES string of the molecule is Cc1c(C2=NC3(CC3)C(=O)O2)sc(Cl)c1Br. The maximum absolute atomic E-state index is 11.6. The molecule has 2 heterocycles. The summed E-state index contributed by atoms with van der Waals surface area (Å²) in [6.07, 6.45) is 1.60. The predicted octanol–water partition coefficient (Wildman–Crippen LogP) is 3.31. The summed E-state index contributed by atoms with van der Waals surface area (Å²) in [5.41, 5.74) is 0.421. The molecule has 1 aliphatic carbocycles. The van der Waals surface area contributed by atoms with E-state index in [1.165, 1.54) is 11.3 Å². The van der Waals surface area contributed by atoms with Crippen LogP contribution in [0, 0.1) is 6.92 Å². The molecule has 1 aromatic heterocycles. The molecule has 1 saturated carbocycles. The second kappa shape index (κ2) is 3.31. The van der Waals surface area contributed by atoms with Gasteiger partial charge in [-0.25, -0.2) is 9.79 Å². The standard InChI is InChI=1S/C10H7BrClNO2S/c1-4-5(11)7(12)16-6(4)8-13-10(2-3-10)9(14)15-8/h2-3H2,1H3. The van der Waals surface area contributed by atoms with Gasteiger partial charge in [0.2, 0.25) is 5.90 Å². The third-order valence-corrected chi connectivity index (χ3v) is 5.81. The summed E-state index contributed by atoms with van der Waals surface area (Å²) >= 11 is 10.8. The summed E-state index contributed by atoms with van der Waals surface area (Å²) in [5.74, 6) is 0.208. The first-order valence-electron chi connectivity index (χ1n) is 4.80. The molecule has 0 radical (unpaired) electrons. The highest BCUT2D eigenvalue weighted by Crippen LogP contribution is 2.46. The number of carbonyl (C=O) groups excluding carboxylic acids is 1. The van der Waals surface area contributed by atoms with Gasteiger partial charge < -0.3 is 4.74 Å². The topological polar surface area (TPSA) is 38.7 Å². The fraction of sp³-hybridized carbons (Fsp3) is 0.400. The summed E-state index contributed by atoms with van der Waals surface area (Å²) < 4.78 is 6.72. The number of carbonyl (C=O) groups is 1. The summed E-state index contributed by atoms with van der Waals surface area (Å²) in [5, 5.41) is 0. The Hall–Kier alpha value is -0.390. The molecule has 0 unspecified atom stereocenters. The number of esters is 1. The second-order valence-electron chi connectivity index (χ2n) is 3.98. The van der Waals surface area contributed by atoms with Crippen molar-refractivity contribution in [3.63, 3.8) is 0 Å². The number of nitrogens with zero attached hydrogens (tertiary/aromatic N) is 1. The van der Waals surface area contributed by atoms with Gasteiger partial charge in [0, 0.05) is 0 Å². The molecule has 0 N–H and O–H groups in total. The molecule has 16 heavy (non-hydrogen) atoms. The normalized spacial score (nSPS) is 21.2. The molecule has 1 fully saturated rings. The van der Waals surface area contributed by atoms with E-state index in [0.717, 1.165) is 27.8 Å². The van der Waals surface area contributed by atoms with E-state index in [0.29, 0.717) is 10.2 Å². The number of cyclic esters (lactones) is 1. The first kappa shape index (κ1) is 10.7. The van der Waals surface area contributed by atoms with Crippen LogP contribution in [-0.4, -0.2) is 17.4 Å². The zero-order valence-electron chi connectivity index (χ0n) is 8.34. The van der Waals surface area contributed by atoms with Gasteiger partial charge in [-0.1, -0.05) is 11.6 Å². The van der Waals surface area contributed by atoms with Gasteiger partial charge >= 0.3 is 5.97 Å². The zero-order chi connectivity index (χ0) is 11.5. The first-order chi connectivity index (χ1) is 7.53. The monoisotopic (exact) mass is 319 g/mol. The lowest BCUT2D eigenvalue weighted by molar-refractivity contribution is -0.135. The fourth-order valence-corrected chi connectivity index (χ4v) is 3.44. The van der Waals surface area contributed by atoms with Crippen LogP contribution in [0.4, 0.5) is 0 Å². The third-order valence-electron chi connectivity index (χ3n) is 2.84. The van der Waals surface area contributed by atoms with Gasteiger partial charge in [-0.3, -0.25) is 0 Å². The van der Waals surface area contributed by atoms with Gasteiger partial charge in [0.25, 0.3) is 0 Å². The van der Waals surface area contributed by atoms with Crippen molar-refractivity contribution in [1.29, 1.82) is 0 Å². The van der Waals surface area contributed by atoms with Gasteiger partial charge in [-0.2, -0.15) is 0 Å². The van der Waals surface area contributed by atoms with Crippen LogP contribution in [-0.2, 0) is 9.53 Å². The summed E-state index contributed by atoms with van der Waals surface area (Å²) in [6.45, 7) is 1.93. The van der Waals surface area contributed by atoms with E-state index < -0.39 is 5.54 Å². The number of hydrogen-bond donors (Lipinski definition) is 0. The number of halogens is 2. The highest BCUT2D eigenvalue weighted by atomic mass is 79.9. The minimum Gasteiger partial charge on any atom is -0.404 e. The van der Waals surface area contributed by atoms with Crippen molar-refractivity contribution in [3.8, 4) is 0 Å². The van der Waals surface area contributed by atoms with Gasteiger partial charge in [0.15, 0.2) is 5.54 Å². The van der Waals surface area contributed by atoms with E-state index in [1.807, 2.05) is 6.92 Å². The molecule has 3 rings (SSSR count). The molecule has 0 atom stereocenters. The van der Waals surface area contributed by atoms with Crippen molar-refractivity contribution in [2.24, 2.45) is 4.99 Å². The molecule has 0 bridgehead atoms. The van der Waals surface area contributed by atoms with E-state index in [-0.39, 0.29) is 5.97 Å². The molecular formula is C10H7BrClNO2S. The van der Waals surface area contributed by atoms with E-state index in [4.69, 9.17) is 16.3 Å². The number of hydrogen-bond acceptors (Lipinski definition) is 4. The maximum atomic E-state index is 11.6. The molecule has 0 aromatic carbocycles. The summed E-state index contributed by atoms with van der Waals surface area (Å²) in [4.78, 5) is 16.8. The summed E-state index contributed by atoms with van der Waals surface area (Å²) in [6, 6.07) is 0. The minimum atomic E-state index is -0.551. The lowest BCUT2D eigenvalue weighted by atomic mass is 10.3. The number of ether oxygens (including phenoxy) is 1. The van der Waals surface area contributed by atoms with Crippen LogP contribution >= 0.6 is 38.9 Å². The molecular weight excluding hydrogens is 314 g/mol. The molecule has 1 aromatic rings. The van der Waals surface area contributed by atoms with Crippen LogP contribution in [0.2, 0.25) is 4.34 Å². The van der Waals surface area contributed by atoms with Crippen molar-refractivity contribution in [3.05, 3.63) is 19.2 Å². The van der Waals surface area contributed by atoms with Crippen LogP contribution < -0.4 is 0 Å². The first-order valence-corrected chi connectivity index (χ1v) is 6.79. The Morgan fingerprint density at radius 1 is 1.56 bits per heavy atom. The molecule has 1 aliphatic heterocycles. The maximum Gasteiger partial charge on any atom is 0.340 e. The van der Waals surface area contributed by atoms with Gasteiger partial charge in [-0.05, 0) is 41.3 Å². The van der Waals surface area contributed by atoms with Crippen LogP contribution in [0.1, 0.15) is 23.3 Å². The zero-order valence-corrected chi connectivity index (χ0v) is 11.5. The lowest BCUT2D eigenvalue weighted by Gasteiger charge is -1.97. The Balaban J connectivity index is 2.06. The molecule has 0 amide bonds. The molecule has 6 heteroatoms. The number of aliphatic imine (C=N–C) groups is 1. The largest absolute Gasteiger partial charge is 0.404 e. The molecule has 3 nitrogen and oxygen atoms in total. The Bertz CT molecular complexity index is 533. The Morgan fingerprint density at radius 2 is 2.25 bits per heavy atom. The Labute approximate surface area is 110 Å². The third kappa shape index (κ3) is 1.38. The Kier molecular flexibility index (Phi) is 2.22.